The van der Waals surface area contributed by atoms with Gasteiger partial charge in [0.05, 0.1) is 12.1 Å². The number of fused-ring (bicyclic) bond motifs is 1. The predicted molar refractivity (Wildman–Crippen MR) is 61.1 cm³/mol. The lowest BCUT2D eigenvalue weighted by molar-refractivity contribution is -0.123. The van der Waals surface area contributed by atoms with Crippen LogP contribution < -0.4 is 15.8 Å². The minimum atomic E-state index is -0.437. The van der Waals surface area contributed by atoms with Gasteiger partial charge in [0.1, 0.15) is 12.4 Å². The van der Waals surface area contributed by atoms with E-state index in [-0.39, 0.29) is 11.9 Å². The number of carbonyl (C=O) groups excluding carboxylic acids is 1. The zero-order valence-electron chi connectivity index (χ0n) is 9.27. The Kier molecular flexibility index (Phi) is 3.10. The average molecular weight is 220 g/mol. The van der Waals surface area contributed by atoms with E-state index in [2.05, 4.69) is 5.32 Å². The molecule has 1 aliphatic heterocycles. The monoisotopic (exact) mass is 220 g/mol. The Balaban J connectivity index is 2.06. The molecule has 0 aliphatic carbocycles. The molecular formula is C12H16N2O2. The minimum absolute atomic E-state index is 0.0682. The lowest BCUT2D eigenvalue weighted by Crippen LogP contribution is -2.42. The van der Waals surface area contributed by atoms with Crippen LogP contribution in [0, 0.1) is 0 Å². The number of nitrogens with one attached hydrogen (secondary N) is 1. The van der Waals surface area contributed by atoms with E-state index in [1.807, 2.05) is 31.2 Å². The lowest BCUT2D eigenvalue weighted by atomic mass is 10.1. The Hall–Kier alpha value is -1.55. The van der Waals surface area contributed by atoms with Crippen LogP contribution >= 0.6 is 0 Å². The van der Waals surface area contributed by atoms with Gasteiger partial charge in [-0.15, -0.1) is 0 Å². The van der Waals surface area contributed by atoms with Crippen molar-refractivity contribution in [2.75, 3.05) is 6.61 Å². The van der Waals surface area contributed by atoms with Crippen molar-refractivity contribution in [1.29, 1.82) is 0 Å². The van der Waals surface area contributed by atoms with E-state index in [4.69, 9.17) is 10.5 Å². The first-order valence-electron chi connectivity index (χ1n) is 5.50. The number of ether oxygens (including phenoxy) is 1. The zero-order valence-corrected chi connectivity index (χ0v) is 9.27. The van der Waals surface area contributed by atoms with Crippen LogP contribution in [0.4, 0.5) is 0 Å². The first-order valence-corrected chi connectivity index (χ1v) is 5.50. The Morgan fingerprint density at radius 2 is 2.38 bits per heavy atom. The third kappa shape index (κ3) is 2.02. The molecule has 1 aromatic carbocycles. The van der Waals surface area contributed by atoms with E-state index < -0.39 is 6.04 Å². The summed E-state index contributed by atoms with van der Waals surface area (Å²) in [7, 11) is 0. The smallest absolute Gasteiger partial charge is 0.237 e. The molecule has 3 N–H and O–H groups in total. The van der Waals surface area contributed by atoms with Crippen molar-refractivity contribution in [3.05, 3.63) is 29.8 Å². The Morgan fingerprint density at radius 1 is 1.62 bits per heavy atom. The highest BCUT2D eigenvalue weighted by molar-refractivity contribution is 5.82. The van der Waals surface area contributed by atoms with Gasteiger partial charge in [-0.1, -0.05) is 25.1 Å². The highest BCUT2D eigenvalue weighted by Crippen LogP contribution is 2.31. The molecule has 2 rings (SSSR count). The molecule has 0 saturated carbocycles. The number of para-hydroxylation sites is 1. The van der Waals surface area contributed by atoms with E-state index in [1.165, 1.54) is 0 Å². The normalized spacial score (nSPS) is 19.8. The molecule has 1 aliphatic rings. The Bertz CT molecular complexity index is 392. The van der Waals surface area contributed by atoms with Crippen LogP contribution in [0.2, 0.25) is 0 Å². The third-order valence-corrected chi connectivity index (χ3v) is 2.79. The van der Waals surface area contributed by atoms with E-state index in [1.54, 1.807) is 0 Å². The molecule has 0 aromatic heterocycles. The van der Waals surface area contributed by atoms with Gasteiger partial charge in [0, 0.05) is 5.56 Å². The molecule has 0 radical (unpaired) electrons. The molecule has 0 saturated heterocycles. The maximum atomic E-state index is 11.6. The lowest BCUT2D eigenvalue weighted by Gasteiger charge is -2.14. The summed E-state index contributed by atoms with van der Waals surface area (Å²) >= 11 is 0. The molecule has 86 valence electrons. The third-order valence-electron chi connectivity index (χ3n) is 2.79. The highest BCUT2D eigenvalue weighted by Gasteiger charge is 2.26. The molecule has 0 fully saturated rings. The van der Waals surface area contributed by atoms with Crippen LogP contribution in [0.5, 0.6) is 5.75 Å². The van der Waals surface area contributed by atoms with Crippen molar-refractivity contribution in [3.63, 3.8) is 0 Å². The maximum Gasteiger partial charge on any atom is 0.237 e. The molecule has 2 atom stereocenters. The second kappa shape index (κ2) is 4.53. The van der Waals surface area contributed by atoms with E-state index >= 15 is 0 Å². The summed E-state index contributed by atoms with van der Waals surface area (Å²) < 4.78 is 5.47. The van der Waals surface area contributed by atoms with Crippen molar-refractivity contribution in [2.24, 2.45) is 5.73 Å². The summed E-state index contributed by atoms with van der Waals surface area (Å²) in [5.74, 6) is 0.727. The molecule has 4 heteroatoms. The van der Waals surface area contributed by atoms with Gasteiger partial charge in [0.25, 0.3) is 0 Å². The average Bonchev–Trinajstić information content (AvgIpc) is 2.72. The number of hydrogen-bond acceptors (Lipinski definition) is 3. The summed E-state index contributed by atoms with van der Waals surface area (Å²) in [6.45, 7) is 2.38. The predicted octanol–water partition coefficient (Wildman–Crippen LogP) is 0.974. The van der Waals surface area contributed by atoms with Crippen molar-refractivity contribution >= 4 is 5.91 Å². The molecule has 0 spiro atoms. The molecule has 1 aromatic rings. The molecular weight excluding hydrogens is 204 g/mol. The topological polar surface area (TPSA) is 64.4 Å². The van der Waals surface area contributed by atoms with Gasteiger partial charge in [-0.2, -0.15) is 0 Å². The summed E-state index contributed by atoms with van der Waals surface area (Å²) in [4.78, 5) is 11.6. The van der Waals surface area contributed by atoms with E-state index in [9.17, 15) is 4.79 Å². The largest absolute Gasteiger partial charge is 0.491 e. The number of carbonyl (C=O) groups is 1. The molecule has 1 heterocycles. The summed E-state index contributed by atoms with van der Waals surface area (Å²) in [6.07, 6.45) is 0.640. The van der Waals surface area contributed by atoms with Gasteiger partial charge < -0.3 is 15.8 Å². The SMILES string of the molecule is CC[C@H](N)C(=O)NC1COc2ccccc21. The number of benzene rings is 1. The van der Waals surface area contributed by atoms with Crippen molar-refractivity contribution in [2.45, 2.75) is 25.4 Å². The second-order valence-corrected chi connectivity index (χ2v) is 3.92. The molecule has 4 nitrogen and oxygen atoms in total. The van der Waals surface area contributed by atoms with Crippen LogP contribution in [0.15, 0.2) is 24.3 Å². The molecule has 1 unspecified atom stereocenters. The number of nitrogens with two attached hydrogens (primary N) is 1. The van der Waals surface area contributed by atoms with Gasteiger partial charge in [0.2, 0.25) is 5.91 Å². The highest BCUT2D eigenvalue weighted by atomic mass is 16.5. The van der Waals surface area contributed by atoms with E-state index in [0.717, 1.165) is 11.3 Å². The summed E-state index contributed by atoms with van der Waals surface area (Å²) in [6, 6.07) is 7.22. The van der Waals surface area contributed by atoms with Gasteiger partial charge in [-0.05, 0) is 12.5 Å². The van der Waals surface area contributed by atoms with Crippen LogP contribution in [-0.4, -0.2) is 18.6 Å². The van der Waals surface area contributed by atoms with Crippen molar-refractivity contribution < 1.29 is 9.53 Å². The minimum Gasteiger partial charge on any atom is -0.491 e. The second-order valence-electron chi connectivity index (χ2n) is 3.92. The number of hydrogen-bond donors (Lipinski definition) is 2. The zero-order chi connectivity index (χ0) is 11.5. The van der Waals surface area contributed by atoms with Gasteiger partial charge in [-0.25, -0.2) is 0 Å². The van der Waals surface area contributed by atoms with Crippen LogP contribution in [0.25, 0.3) is 0 Å². The fourth-order valence-electron chi connectivity index (χ4n) is 1.75. The maximum absolute atomic E-state index is 11.6. The molecule has 1 amide bonds. The van der Waals surface area contributed by atoms with Crippen molar-refractivity contribution in [1.82, 2.24) is 5.32 Å². The van der Waals surface area contributed by atoms with Gasteiger partial charge >= 0.3 is 0 Å². The number of rotatable bonds is 3. The fourth-order valence-corrected chi connectivity index (χ4v) is 1.75. The first-order chi connectivity index (χ1) is 7.72. The van der Waals surface area contributed by atoms with Gasteiger partial charge in [0.15, 0.2) is 0 Å². The number of amides is 1. The Labute approximate surface area is 94.8 Å². The van der Waals surface area contributed by atoms with Gasteiger partial charge in [-0.3, -0.25) is 4.79 Å². The summed E-state index contributed by atoms with van der Waals surface area (Å²) in [5.41, 5.74) is 6.69. The van der Waals surface area contributed by atoms with E-state index in [0.29, 0.717) is 13.0 Å². The quantitative estimate of drug-likeness (QED) is 0.798. The molecule has 0 bridgehead atoms. The van der Waals surface area contributed by atoms with Crippen LogP contribution in [0.1, 0.15) is 24.9 Å². The first kappa shape index (κ1) is 11.0. The standard InChI is InChI=1S/C12H16N2O2/c1-2-9(13)12(15)14-10-7-16-11-6-4-3-5-8(10)11/h3-6,9-10H,2,7,13H2,1H3,(H,14,15)/t9-,10?/m0/s1. The summed E-state index contributed by atoms with van der Waals surface area (Å²) in [5, 5.41) is 2.90. The Morgan fingerprint density at radius 3 is 3.12 bits per heavy atom. The van der Waals surface area contributed by atoms with Crippen LogP contribution in [-0.2, 0) is 4.79 Å². The fraction of sp³-hybridized carbons (Fsp3) is 0.417. The molecule has 16 heavy (non-hydrogen) atoms. The van der Waals surface area contributed by atoms with Crippen LogP contribution in [0.3, 0.4) is 0 Å². The van der Waals surface area contributed by atoms with Crippen molar-refractivity contribution in [3.8, 4) is 5.75 Å².